The molecular formula is C22H24N4O2S2. The number of hydrogen-bond acceptors (Lipinski definition) is 6. The van der Waals surface area contributed by atoms with Gasteiger partial charge in [0.05, 0.1) is 6.54 Å². The lowest BCUT2D eigenvalue weighted by Gasteiger charge is -2.35. The number of nitrogens with zero attached hydrogens (tertiary/aromatic N) is 4. The van der Waals surface area contributed by atoms with Crippen LogP contribution in [0.1, 0.15) is 16.1 Å². The number of carbonyl (C=O) groups is 2. The smallest absolute Gasteiger partial charge is 0.273 e. The predicted molar refractivity (Wildman–Crippen MR) is 121 cm³/mol. The second-order valence-corrected chi connectivity index (χ2v) is 8.99. The molecule has 3 aromatic rings. The first-order valence-corrected chi connectivity index (χ1v) is 11.7. The lowest BCUT2D eigenvalue weighted by molar-refractivity contribution is -0.133. The molecule has 6 nitrogen and oxygen atoms in total. The molecule has 0 aliphatic carbocycles. The van der Waals surface area contributed by atoms with Crippen molar-refractivity contribution in [1.29, 1.82) is 0 Å². The predicted octanol–water partition coefficient (Wildman–Crippen LogP) is 3.29. The van der Waals surface area contributed by atoms with Gasteiger partial charge >= 0.3 is 0 Å². The zero-order valence-electron chi connectivity index (χ0n) is 16.9. The quantitative estimate of drug-likeness (QED) is 0.590. The highest BCUT2D eigenvalue weighted by Gasteiger charge is 2.24. The van der Waals surface area contributed by atoms with Gasteiger partial charge in [0.1, 0.15) is 10.7 Å². The number of rotatable bonds is 6. The van der Waals surface area contributed by atoms with Gasteiger partial charge in [-0.2, -0.15) is 11.3 Å². The van der Waals surface area contributed by atoms with E-state index in [-0.39, 0.29) is 18.4 Å². The minimum Gasteiger partial charge on any atom is -0.339 e. The molecule has 0 spiro atoms. The maximum atomic E-state index is 12.7. The van der Waals surface area contributed by atoms with E-state index in [0.29, 0.717) is 18.8 Å². The van der Waals surface area contributed by atoms with Crippen LogP contribution in [0.2, 0.25) is 0 Å². The molecule has 0 atom stereocenters. The number of carbonyl (C=O) groups excluding carboxylic acids is 2. The van der Waals surface area contributed by atoms with Crippen molar-refractivity contribution in [2.24, 2.45) is 0 Å². The van der Waals surface area contributed by atoms with Gasteiger partial charge in [-0.25, -0.2) is 4.98 Å². The zero-order chi connectivity index (χ0) is 20.9. The Kier molecular flexibility index (Phi) is 6.56. The molecule has 0 unspecified atom stereocenters. The number of likely N-dealkylation sites (N-methyl/N-ethyl adjacent to an activating group) is 1. The van der Waals surface area contributed by atoms with E-state index in [1.54, 1.807) is 23.8 Å². The van der Waals surface area contributed by atoms with E-state index in [1.165, 1.54) is 21.8 Å². The largest absolute Gasteiger partial charge is 0.339 e. The summed E-state index contributed by atoms with van der Waals surface area (Å²) in [5.74, 6) is -0.234. The van der Waals surface area contributed by atoms with Gasteiger partial charge < -0.3 is 9.80 Å². The summed E-state index contributed by atoms with van der Waals surface area (Å²) in [5, 5.41) is 6.59. The Balaban J connectivity index is 1.27. The third-order valence-electron chi connectivity index (χ3n) is 5.18. The Morgan fingerprint density at radius 3 is 2.53 bits per heavy atom. The Morgan fingerprint density at radius 1 is 1.07 bits per heavy atom. The van der Waals surface area contributed by atoms with Crippen LogP contribution in [0.4, 0.5) is 0 Å². The molecule has 0 bridgehead atoms. The van der Waals surface area contributed by atoms with Gasteiger partial charge in [-0.1, -0.05) is 30.3 Å². The highest BCUT2D eigenvalue weighted by atomic mass is 32.1. The first-order valence-electron chi connectivity index (χ1n) is 9.88. The Morgan fingerprint density at radius 2 is 1.83 bits per heavy atom. The summed E-state index contributed by atoms with van der Waals surface area (Å²) >= 11 is 3.05. The molecule has 0 N–H and O–H groups in total. The van der Waals surface area contributed by atoms with Gasteiger partial charge in [0, 0.05) is 56.1 Å². The molecule has 0 radical (unpaired) electrons. The Labute approximate surface area is 184 Å². The van der Waals surface area contributed by atoms with E-state index in [0.717, 1.165) is 30.2 Å². The van der Waals surface area contributed by atoms with Crippen LogP contribution in [0.25, 0.3) is 10.6 Å². The van der Waals surface area contributed by atoms with E-state index in [1.807, 2.05) is 39.9 Å². The van der Waals surface area contributed by atoms with Crippen LogP contribution in [0.15, 0.2) is 52.5 Å². The van der Waals surface area contributed by atoms with E-state index >= 15 is 0 Å². The standard InChI is InChI=1S/C22H24N4O2S2/c1-24(22(28)19-16-30-21(23-19)18-7-12-29-15-18)14-20(27)26-10-8-25(9-11-26)13-17-5-3-2-4-6-17/h2-7,12,15-16H,8-11,13-14H2,1H3. The van der Waals surface area contributed by atoms with Crippen LogP contribution in [-0.2, 0) is 11.3 Å². The Hall–Kier alpha value is -2.55. The van der Waals surface area contributed by atoms with E-state index in [4.69, 9.17) is 0 Å². The molecule has 2 aromatic heterocycles. The van der Waals surface area contributed by atoms with Crippen molar-refractivity contribution < 1.29 is 9.59 Å². The summed E-state index contributed by atoms with van der Waals surface area (Å²) in [7, 11) is 1.66. The van der Waals surface area contributed by atoms with Crippen molar-refractivity contribution in [3.63, 3.8) is 0 Å². The van der Waals surface area contributed by atoms with E-state index in [9.17, 15) is 9.59 Å². The summed E-state index contributed by atoms with van der Waals surface area (Å²) in [6, 6.07) is 12.4. The van der Waals surface area contributed by atoms with E-state index in [2.05, 4.69) is 22.0 Å². The maximum absolute atomic E-state index is 12.7. The molecule has 1 fully saturated rings. The highest BCUT2D eigenvalue weighted by Crippen LogP contribution is 2.26. The van der Waals surface area contributed by atoms with Crippen molar-refractivity contribution in [3.8, 4) is 10.6 Å². The number of thiophene rings is 1. The lowest BCUT2D eigenvalue weighted by Crippen LogP contribution is -2.51. The normalized spacial score (nSPS) is 14.6. The van der Waals surface area contributed by atoms with Crippen molar-refractivity contribution in [1.82, 2.24) is 19.7 Å². The van der Waals surface area contributed by atoms with E-state index < -0.39 is 0 Å². The Bertz CT molecular complexity index is 980. The molecule has 2 amide bonds. The van der Waals surface area contributed by atoms with Crippen LogP contribution in [0, 0.1) is 0 Å². The first-order chi connectivity index (χ1) is 14.6. The van der Waals surface area contributed by atoms with Gasteiger partial charge in [0.2, 0.25) is 5.91 Å². The molecule has 1 saturated heterocycles. The fraction of sp³-hybridized carbons (Fsp3) is 0.318. The van der Waals surface area contributed by atoms with Crippen molar-refractivity contribution in [3.05, 3.63) is 63.8 Å². The fourth-order valence-corrected chi connectivity index (χ4v) is 4.96. The van der Waals surface area contributed by atoms with Gasteiger partial charge in [0.15, 0.2) is 0 Å². The second kappa shape index (κ2) is 9.51. The molecule has 1 aromatic carbocycles. The summed E-state index contributed by atoms with van der Waals surface area (Å²) in [4.78, 5) is 35.5. The molecule has 4 rings (SSSR count). The lowest BCUT2D eigenvalue weighted by atomic mass is 10.2. The SMILES string of the molecule is CN(CC(=O)N1CCN(Cc2ccccc2)CC1)C(=O)c1csc(-c2ccsc2)n1. The van der Waals surface area contributed by atoms with Gasteiger partial charge in [0.25, 0.3) is 5.91 Å². The molecule has 156 valence electrons. The average Bonchev–Trinajstić information content (AvgIpc) is 3.46. The number of thiazole rings is 1. The molecule has 8 heteroatoms. The fourth-order valence-electron chi connectivity index (χ4n) is 3.46. The van der Waals surface area contributed by atoms with Crippen LogP contribution in [0.5, 0.6) is 0 Å². The first kappa shape index (κ1) is 20.7. The van der Waals surface area contributed by atoms with Crippen LogP contribution < -0.4 is 0 Å². The molecular weight excluding hydrogens is 416 g/mol. The van der Waals surface area contributed by atoms with Crippen LogP contribution >= 0.6 is 22.7 Å². The maximum Gasteiger partial charge on any atom is 0.273 e. The molecule has 1 aliphatic heterocycles. The third-order valence-corrected chi connectivity index (χ3v) is 6.76. The number of amides is 2. The summed E-state index contributed by atoms with van der Waals surface area (Å²) < 4.78 is 0. The van der Waals surface area contributed by atoms with Crippen LogP contribution in [-0.4, -0.2) is 71.3 Å². The molecule has 1 aliphatic rings. The van der Waals surface area contributed by atoms with Gasteiger partial charge in [-0.05, 0) is 17.0 Å². The third kappa shape index (κ3) is 4.95. The highest BCUT2D eigenvalue weighted by molar-refractivity contribution is 7.14. The molecule has 3 heterocycles. The van der Waals surface area contributed by atoms with Crippen molar-refractivity contribution >= 4 is 34.5 Å². The second-order valence-electron chi connectivity index (χ2n) is 7.35. The van der Waals surface area contributed by atoms with Gasteiger partial charge in [-0.3, -0.25) is 14.5 Å². The average molecular weight is 441 g/mol. The number of benzene rings is 1. The van der Waals surface area contributed by atoms with Crippen LogP contribution in [0.3, 0.4) is 0 Å². The topological polar surface area (TPSA) is 56.8 Å². The summed E-state index contributed by atoms with van der Waals surface area (Å²) in [5.41, 5.74) is 2.70. The molecule has 0 saturated carbocycles. The zero-order valence-corrected chi connectivity index (χ0v) is 18.5. The number of hydrogen-bond donors (Lipinski definition) is 0. The van der Waals surface area contributed by atoms with Crippen molar-refractivity contribution in [2.75, 3.05) is 39.8 Å². The minimum atomic E-state index is -0.219. The van der Waals surface area contributed by atoms with Crippen molar-refractivity contribution in [2.45, 2.75) is 6.54 Å². The number of aromatic nitrogens is 1. The van der Waals surface area contributed by atoms with Gasteiger partial charge in [-0.15, -0.1) is 11.3 Å². The summed E-state index contributed by atoms with van der Waals surface area (Å²) in [6.07, 6.45) is 0. The summed E-state index contributed by atoms with van der Waals surface area (Å²) in [6.45, 7) is 4.03. The molecule has 30 heavy (non-hydrogen) atoms. The number of piperazine rings is 1. The monoisotopic (exact) mass is 440 g/mol. The minimum absolute atomic E-state index is 0.0153.